The van der Waals surface area contributed by atoms with Crippen molar-refractivity contribution in [1.29, 1.82) is 0 Å². The van der Waals surface area contributed by atoms with Gasteiger partial charge >= 0.3 is 0 Å². The van der Waals surface area contributed by atoms with Crippen LogP contribution in [0.3, 0.4) is 0 Å². The molecule has 4 N–H and O–H groups in total. The molecular weight excluding hydrogens is 154 g/mol. The van der Waals surface area contributed by atoms with Crippen LogP contribution in [0, 0.1) is 0 Å². The molecule has 0 atom stereocenters. The van der Waals surface area contributed by atoms with Gasteiger partial charge in [-0.25, -0.2) is 0 Å². The molecule has 0 unspecified atom stereocenters. The lowest BCUT2D eigenvalue weighted by Crippen LogP contribution is -2.16. The van der Waals surface area contributed by atoms with Crippen molar-refractivity contribution in [3.8, 4) is 0 Å². The minimum Gasteiger partial charge on any atom is -0.326 e. The van der Waals surface area contributed by atoms with Gasteiger partial charge in [0.1, 0.15) is 0 Å². The van der Waals surface area contributed by atoms with Gasteiger partial charge in [0.15, 0.2) is 0 Å². The molecule has 1 saturated carbocycles. The number of rotatable bonds is 2. The summed E-state index contributed by atoms with van der Waals surface area (Å²) in [5.74, 6) is 0.544. The summed E-state index contributed by atoms with van der Waals surface area (Å²) in [5.41, 5.74) is 7.19. The van der Waals surface area contributed by atoms with Crippen LogP contribution in [0.1, 0.15) is 36.4 Å². The van der Waals surface area contributed by atoms with Crippen LogP contribution in [0.15, 0.2) is 4.79 Å². The third kappa shape index (κ3) is 0.992. The van der Waals surface area contributed by atoms with Crippen LogP contribution in [-0.4, -0.2) is 10.2 Å². The first kappa shape index (κ1) is 7.61. The molecule has 12 heavy (non-hydrogen) atoms. The molecule has 1 aliphatic rings. The molecule has 2 rings (SSSR count). The second-order valence-electron chi connectivity index (χ2n) is 3.30. The minimum atomic E-state index is -0.0561. The predicted molar refractivity (Wildman–Crippen MR) is 45.9 cm³/mol. The maximum atomic E-state index is 11.1. The first-order chi connectivity index (χ1) is 5.83. The van der Waals surface area contributed by atoms with Crippen molar-refractivity contribution in [2.45, 2.75) is 31.7 Å². The Kier molecular flexibility index (Phi) is 1.77. The van der Waals surface area contributed by atoms with Crippen molar-refractivity contribution in [3.05, 3.63) is 21.6 Å². The van der Waals surface area contributed by atoms with Gasteiger partial charge < -0.3 is 10.8 Å². The van der Waals surface area contributed by atoms with Crippen molar-refractivity contribution >= 4 is 0 Å². The van der Waals surface area contributed by atoms with E-state index in [0.29, 0.717) is 12.5 Å². The Balaban J connectivity index is 2.35. The molecule has 0 bridgehead atoms. The fraction of sp³-hybridized carbons (Fsp3) is 0.625. The van der Waals surface area contributed by atoms with E-state index in [1.165, 1.54) is 19.3 Å². The zero-order chi connectivity index (χ0) is 8.55. The standard InChI is InChI=1S/C8H13N3O/c9-4-6-7(5-2-1-3-5)10-11-8(6)12/h5H,1-4,9H2,(H2,10,11,12). The molecule has 0 saturated heterocycles. The van der Waals surface area contributed by atoms with Gasteiger partial charge in [0.25, 0.3) is 5.56 Å². The lowest BCUT2D eigenvalue weighted by molar-refractivity contribution is 0.408. The molecule has 0 radical (unpaired) electrons. The van der Waals surface area contributed by atoms with Gasteiger partial charge in [0, 0.05) is 18.2 Å². The van der Waals surface area contributed by atoms with E-state index in [1.807, 2.05) is 0 Å². The van der Waals surface area contributed by atoms with Crippen LogP contribution in [0.2, 0.25) is 0 Å². The summed E-state index contributed by atoms with van der Waals surface area (Å²) in [6.07, 6.45) is 3.63. The lowest BCUT2D eigenvalue weighted by Gasteiger charge is -2.24. The highest BCUT2D eigenvalue weighted by Crippen LogP contribution is 2.35. The molecule has 1 aromatic heterocycles. The van der Waals surface area contributed by atoms with E-state index >= 15 is 0 Å². The summed E-state index contributed by atoms with van der Waals surface area (Å²) in [7, 11) is 0. The molecule has 1 fully saturated rings. The average molecular weight is 167 g/mol. The summed E-state index contributed by atoms with van der Waals surface area (Å²) in [4.78, 5) is 11.1. The van der Waals surface area contributed by atoms with Gasteiger partial charge in [-0.2, -0.15) is 0 Å². The van der Waals surface area contributed by atoms with Crippen LogP contribution >= 0.6 is 0 Å². The van der Waals surface area contributed by atoms with E-state index in [0.717, 1.165) is 11.3 Å². The summed E-state index contributed by atoms with van der Waals surface area (Å²) < 4.78 is 0. The largest absolute Gasteiger partial charge is 0.326 e. The Morgan fingerprint density at radius 3 is 2.67 bits per heavy atom. The summed E-state index contributed by atoms with van der Waals surface area (Å²) in [5, 5.41) is 5.49. The van der Waals surface area contributed by atoms with E-state index in [9.17, 15) is 4.79 Å². The fourth-order valence-corrected chi connectivity index (χ4v) is 1.65. The Morgan fingerprint density at radius 1 is 1.42 bits per heavy atom. The third-order valence-electron chi connectivity index (χ3n) is 2.63. The summed E-state index contributed by atoms with van der Waals surface area (Å²) in [6, 6.07) is 0. The molecule has 1 heterocycles. The number of aromatic nitrogens is 2. The zero-order valence-electron chi connectivity index (χ0n) is 6.89. The molecule has 4 heteroatoms. The zero-order valence-corrected chi connectivity index (χ0v) is 6.89. The van der Waals surface area contributed by atoms with Crippen molar-refractivity contribution in [2.75, 3.05) is 0 Å². The fourth-order valence-electron chi connectivity index (χ4n) is 1.65. The first-order valence-electron chi connectivity index (χ1n) is 4.32. The molecule has 0 amide bonds. The normalized spacial score (nSPS) is 17.8. The number of hydrogen-bond acceptors (Lipinski definition) is 2. The van der Waals surface area contributed by atoms with Crippen molar-refractivity contribution in [3.63, 3.8) is 0 Å². The molecule has 0 spiro atoms. The Morgan fingerprint density at radius 2 is 2.17 bits per heavy atom. The second-order valence-corrected chi connectivity index (χ2v) is 3.30. The van der Waals surface area contributed by atoms with Crippen LogP contribution in [0.25, 0.3) is 0 Å². The molecule has 1 aromatic rings. The highest BCUT2D eigenvalue weighted by Gasteiger charge is 2.24. The third-order valence-corrected chi connectivity index (χ3v) is 2.63. The highest BCUT2D eigenvalue weighted by atomic mass is 16.1. The SMILES string of the molecule is NCc1c(C2CCC2)[nH][nH]c1=O. The smallest absolute Gasteiger partial charge is 0.268 e. The Hall–Kier alpha value is -1.03. The summed E-state index contributed by atoms with van der Waals surface area (Å²) >= 11 is 0. The minimum absolute atomic E-state index is 0.0561. The number of nitrogens with one attached hydrogen (secondary N) is 2. The van der Waals surface area contributed by atoms with Gasteiger partial charge in [-0.3, -0.25) is 9.89 Å². The number of H-pyrrole nitrogens is 2. The first-order valence-corrected chi connectivity index (χ1v) is 4.32. The average Bonchev–Trinajstić information content (AvgIpc) is 2.29. The molecule has 0 aromatic carbocycles. The Labute approximate surface area is 70.1 Å². The van der Waals surface area contributed by atoms with Crippen LogP contribution in [-0.2, 0) is 6.54 Å². The Bertz CT molecular complexity index is 321. The van der Waals surface area contributed by atoms with Crippen LogP contribution < -0.4 is 11.3 Å². The van der Waals surface area contributed by atoms with Gasteiger partial charge in [0.05, 0.1) is 5.56 Å². The topological polar surface area (TPSA) is 74.7 Å². The number of nitrogens with two attached hydrogens (primary N) is 1. The number of hydrogen-bond donors (Lipinski definition) is 3. The molecule has 66 valence electrons. The van der Waals surface area contributed by atoms with Crippen molar-refractivity contribution in [1.82, 2.24) is 10.2 Å². The van der Waals surface area contributed by atoms with Gasteiger partial charge in [-0.05, 0) is 12.8 Å². The van der Waals surface area contributed by atoms with Crippen molar-refractivity contribution < 1.29 is 0 Å². The van der Waals surface area contributed by atoms with E-state index in [-0.39, 0.29) is 5.56 Å². The summed E-state index contributed by atoms with van der Waals surface area (Å²) in [6.45, 7) is 0.338. The monoisotopic (exact) mass is 167 g/mol. The second kappa shape index (κ2) is 2.79. The molecule has 0 aliphatic heterocycles. The predicted octanol–water partition coefficient (Wildman–Crippen LogP) is 0.429. The maximum Gasteiger partial charge on any atom is 0.268 e. The van der Waals surface area contributed by atoms with Gasteiger partial charge in [0.2, 0.25) is 0 Å². The lowest BCUT2D eigenvalue weighted by atomic mass is 9.81. The van der Waals surface area contributed by atoms with E-state index < -0.39 is 0 Å². The highest BCUT2D eigenvalue weighted by molar-refractivity contribution is 5.21. The van der Waals surface area contributed by atoms with E-state index in [4.69, 9.17) is 5.73 Å². The van der Waals surface area contributed by atoms with E-state index in [1.54, 1.807) is 0 Å². The quantitative estimate of drug-likeness (QED) is 0.597. The van der Waals surface area contributed by atoms with Crippen LogP contribution in [0.4, 0.5) is 0 Å². The maximum absolute atomic E-state index is 11.1. The van der Waals surface area contributed by atoms with Gasteiger partial charge in [-0.1, -0.05) is 6.42 Å². The van der Waals surface area contributed by atoms with Gasteiger partial charge in [-0.15, -0.1) is 0 Å². The molecular formula is C8H13N3O. The van der Waals surface area contributed by atoms with Crippen molar-refractivity contribution in [2.24, 2.45) is 5.73 Å². The van der Waals surface area contributed by atoms with Crippen LogP contribution in [0.5, 0.6) is 0 Å². The van der Waals surface area contributed by atoms with E-state index in [2.05, 4.69) is 10.2 Å². The molecule has 4 nitrogen and oxygen atoms in total. The number of aromatic amines is 2. The molecule has 1 aliphatic carbocycles.